The number of nitrogens with zero attached hydrogens (tertiary/aromatic N) is 2. The second-order valence-electron chi connectivity index (χ2n) is 6.49. The molecular formula is C15H29N3O2. The molecule has 3 N–H and O–H groups in total. The van der Waals surface area contributed by atoms with Crippen LogP contribution in [-0.4, -0.2) is 60.3 Å². The average Bonchev–Trinajstić information content (AvgIpc) is 2.51. The summed E-state index contributed by atoms with van der Waals surface area (Å²) in [7, 11) is 0. The molecule has 6 aliphatic heterocycles. The fourth-order valence-electron chi connectivity index (χ4n) is 3.73. The summed E-state index contributed by atoms with van der Waals surface area (Å²) >= 11 is 0. The van der Waals surface area contributed by atoms with Gasteiger partial charge in [-0.3, -0.25) is 0 Å². The maximum absolute atomic E-state index is 8.78. The first-order chi connectivity index (χ1) is 9.63. The van der Waals surface area contributed by atoms with E-state index in [0.29, 0.717) is 0 Å². The fourth-order valence-corrected chi connectivity index (χ4v) is 3.73. The Labute approximate surface area is 122 Å². The van der Waals surface area contributed by atoms with Crippen molar-refractivity contribution in [3.63, 3.8) is 0 Å². The number of nitrogens with two attached hydrogens (primary N) is 1. The van der Waals surface area contributed by atoms with Crippen LogP contribution in [-0.2, 0) is 0 Å². The zero-order valence-corrected chi connectivity index (χ0v) is 12.5. The van der Waals surface area contributed by atoms with Crippen molar-refractivity contribution < 1.29 is 9.90 Å². The Morgan fingerprint density at radius 3 is 1.00 bits per heavy atom. The van der Waals surface area contributed by atoms with E-state index in [1.807, 2.05) is 0 Å². The maximum Gasteiger partial charge on any atom is 0.402 e. The molecule has 0 unspecified atom stereocenters. The number of piperidine rings is 6. The number of carboxylic acid groups (broad SMARTS) is 1. The molecule has 1 amide bonds. The Bertz CT molecular complexity index is 221. The van der Waals surface area contributed by atoms with Crippen LogP contribution in [0.4, 0.5) is 4.79 Å². The first kappa shape index (κ1) is 15.6. The van der Waals surface area contributed by atoms with Crippen molar-refractivity contribution in [1.29, 1.82) is 0 Å². The third-order valence-corrected chi connectivity index (χ3v) is 5.12. The van der Waals surface area contributed by atoms with Gasteiger partial charge in [-0.2, -0.15) is 0 Å². The average molecular weight is 283 g/mol. The second kappa shape index (κ2) is 7.84. The van der Waals surface area contributed by atoms with Gasteiger partial charge in [-0.15, -0.1) is 0 Å². The molecule has 0 atom stereocenters. The molecule has 4 bridgehead atoms. The van der Waals surface area contributed by atoms with Crippen LogP contribution in [0.3, 0.4) is 0 Å². The van der Waals surface area contributed by atoms with Gasteiger partial charge in [-0.1, -0.05) is 0 Å². The van der Waals surface area contributed by atoms with E-state index in [1.165, 1.54) is 77.8 Å². The third-order valence-electron chi connectivity index (χ3n) is 5.12. The van der Waals surface area contributed by atoms with Gasteiger partial charge < -0.3 is 20.6 Å². The number of rotatable bonds is 0. The van der Waals surface area contributed by atoms with Crippen LogP contribution < -0.4 is 5.73 Å². The number of amides is 1. The largest absolute Gasteiger partial charge is 0.465 e. The number of primary amides is 1. The Hall–Kier alpha value is -0.810. The van der Waals surface area contributed by atoms with Crippen LogP contribution in [0.2, 0.25) is 0 Å². The summed E-state index contributed by atoms with van der Waals surface area (Å²) in [6, 6.07) is 0. The smallest absolute Gasteiger partial charge is 0.402 e. The Balaban J connectivity index is 0.000000118. The SMILES string of the molecule is C1CN2CCC1CC2.C1CN2CCC1CC2.NC(=O)O. The Morgan fingerprint density at radius 1 is 0.750 bits per heavy atom. The molecule has 0 aromatic carbocycles. The van der Waals surface area contributed by atoms with E-state index in [2.05, 4.69) is 15.5 Å². The lowest BCUT2D eigenvalue weighted by Gasteiger charge is -2.38. The highest BCUT2D eigenvalue weighted by Gasteiger charge is 2.25. The summed E-state index contributed by atoms with van der Waals surface area (Å²) in [4.78, 5) is 13.9. The van der Waals surface area contributed by atoms with Crippen molar-refractivity contribution >= 4 is 6.09 Å². The van der Waals surface area contributed by atoms with Crippen molar-refractivity contribution in [3.05, 3.63) is 0 Å². The van der Waals surface area contributed by atoms with Crippen LogP contribution in [0.15, 0.2) is 0 Å². The Kier molecular flexibility index (Phi) is 6.10. The minimum absolute atomic E-state index is 1.11. The van der Waals surface area contributed by atoms with Gasteiger partial charge in [0.25, 0.3) is 0 Å². The molecule has 0 aromatic rings. The van der Waals surface area contributed by atoms with E-state index < -0.39 is 6.09 Å². The zero-order chi connectivity index (χ0) is 14.4. The molecule has 6 aliphatic rings. The summed E-state index contributed by atoms with van der Waals surface area (Å²) in [5.74, 6) is 2.22. The summed E-state index contributed by atoms with van der Waals surface area (Å²) in [5, 5.41) is 7.19. The number of hydrogen-bond donors (Lipinski definition) is 2. The highest BCUT2D eigenvalue weighted by Crippen LogP contribution is 2.26. The van der Waals surface area contributed by atoms with Gasteiger partial charge in [0.05, 0.1) is 0 Å². The second-order valence-corrected chi connectivity index (χ2v) is 6.49. The predicted molar refractivity (Wildman–Crippen MR) is 79.8 cm³/mol. The number of carbonyl (C=O) groups is 1. The van der Waals surface area contributed by atoms with Gasteiger partial charge in [-0.25, -0.2) is 4.79 Å². The van der Waals surface area contributed by atoms with E-state index in [4.69, 9.17) is 9.90 Å². The molecule has 5 nitrogen and oxygen atoms in total. The minimum atomic E-state index is -1.33. The van der Waals surface area contributed by atoms with Crippen molar-refractivity contribution in [3.8, 4) is 0 Å². The normalized spacial score (nSPS) is 37.2. The van der Waals surface area contributed by atoms with Gasteiger partial charge in [-0.05, 0) is 89.6 Å². The highest BCUT2D eigenvalue weighted by molar-refractivity contribution is 5.61. The number of hydrogen-bond acceptors (Lipinski definition) is 3. The van der Waals surface area contributed by atoms with Crippen molar-refractivity contribution in [2.45, 2.75) is 38.5 Å². The molecule has 0 radical (unpaired) electrons. The summed E-state index contributed by atoms with van der Waals surface area (Å²) in [6.45, 7) is 8.36. The van der Waals surface area contributed by atoms with Gasteiger partial charge in [0, 0.05) is 0 Å². The van der Waals surface area contributed by atoms with Crippen molar-refractivity contribution in [2.24, 2.45) is 17.6 Å². The first-order valence-electron chi connectivity index (χ1n) is 8.06. The molecule has 20 heavy (non-hydrogen) atoms. The maximum atomic E-state index is 8.78. The van der Waals surface area contributed by atoms with Crippen LogP contribution in [0.5, 0.6) is 0 Å². The molecule has 116 valence electrons. The van der Waals surface area contributed by atoms with Crippen LogP contribution in [0, 0.1) is 11.8 Å². The molecule has 0 aromatic heterocycles. The lowest BCUT2D eigenvalue weighted by Crippen LogP contribution is -2.41. The summed E-state index contributed by atoms with van der Waals surface area (Å²) < 4.78 is 0. The number of fused-ring (bicyclic) bond motifs is 6. The van der Waals surface area contributed by atoms with Crippen molar-refractivity contribution in [1.82, 2.24) is 9.80 Å². The summed E-state index contributed by atoms with van der Waals surface area (Å²) in [5.41, 5.74) is 4.03. The topological polar surface area (TPSA) is 69.8 Å². The van der Waals surface area contributed by atoms with E-state index >= 15 is 0 Å². The Morgan fingerprint density at radius 2 is 0.950 bits per heavy atom. The van der Waals surface area contributed by atoms with Crippen LogP contribution in [0.1, 0.15) is 38.5 Å². The van der Waals surface area contributed by atoms with Crippen LogP contribution >= 0.6 is 0 Å². The molecule has 6 heterocycles. The quantitative estimate of drug-likeness (QED) is 0.711. The predicted octanol–water partition coefficient (Wildman–Crippen LogP) is 1.83. The molecule has 0 saturated carbocycles. The van der Waals surface area contributed by atoms with E-state index in [1.54, 1.807) is 0 Å². The van der Waals surface area contributed by atoms with E-state index in [9.17, 15) is 0 Å². The lowest BCUT2D eigenvalue weighted by atomic mass is 9.89. The molecule has 5 heteroatoms. The molecule has 0 spiro atoms. The van der Waals surface area contributed by atoms with Gasteiger partial charge in [0.15, 0.2) is 0 Å². The van der Waals surface area contributed by atoms with E-state index in [-0.39, 0.29) is 0 Å². The first-order valence-corrected chi connectivity index (χ1v) is 8.06. The molecule has 6 rings (SSSR count). The molecular weight excluding hydrogens is 254 g/mol. The van der Waals surface area contributed by atoms with Crippen LogP contribution in [0.25, 0.3) is 0 Å². The van der Waals surface area contributed by atoms with Gasteiger partial charge in [0.1, 0.15) is 0 Å². The fraction of sp³-hybridized carbons (Fsp3) is 0.933. The monoisotopic (exact) mass is 283 g/mol. The van der Waals surface area contributed by atoms with Gasteiger partial charge in [0.2, 0.25) is 0 Å². The zero-order valence-electron chi connectivity index (χ0n) is 12.5. The molecule has 0 aliphatic carbocycles. The summed E-state index contributed by atoms with van der Waals surface area (Å²) in [6.07, 6.45) is 7.58. The third kappa shape index (κ3) is 5.29. The van der Waals surface area contributed by atoms with E-state index in [0.717, 1.165) is 11.8 Å². The molecule has 6 saturated heterocycles. The standard InChI is InChI=1S/2C7H13N.CH3NO2/c2*1-4-8-5-2-7(1)3-6-8;2-1(3)4/h2*7H,1-6H2;2H2,(H,3,4). The minimum Gasteiger partial charge on any atom is -0.465 e. The van der Waals surface area contributed by atoms with Crippen molar-refractivity contribution in [2.75, 3.05) is 39.3 Å². The lowest BCUT2D eigenvalue weighted by molar-refractivity contribution is 0.111. The highest BCUT2D eigenvalue weighted by atomic mass is 16.4. The van der Waals surface area contributed by atoms with Gasteiger partial charge >= 0.3 is 6.09 Å². The molecule has 6 fully saturated rings.